The first-order valence-electron chi connectivity index (χ1n) is 6.42. The summed E-state index contributed by atoms with van der Waals surface area (Å²) in [5, 5.41) is 0. The maximum absolute atomic E-state index is 5.88. The van der Waals surface area contributed by atoms with Crippen LogP contribution in [-0.2, 0) is 13.0 Å². The van der Waals surface area contributed by atoms with Crippen molar-refractivity contribution >= 4 is 11.4 Å². The Balaban J connectivity index is 1.88. The lowest BCUT2D eigenvalue weighted by atomic mass is 10.1. The molecule has 2 nitrogen and oxygen atoms in total. The highest BCUT2D eigenvalue weighted by Crippen LogP contribution is 2.29. The van der Waals surface area contributed by atoms with Gasteiger partial charge < -0.3 is 10.6 Å². The van der Waals surface area contributed by atoms with Gasteiger partial charge in [0.15, 0.2) is 0 Å². The number of hydrogen-bond acceptors (Lipinski definition) is 2. The molecule has 0 atom stereocenters. The van der Waals surface area contributed by atoms with E-state index in [2.05, 4.69) is 48.2 Å². The molecule has 0 radical (unpaired) electrons. The number of nitrogen functional groups attached to an aromatic ring is 1. The van der Waals surface area contributed by atoms with Gasteiger partial charge in [-0.1, -0.05) is 24.3 Å². The minimum absolute atomic E-state index is 0.850. The topological polar surface area (TPSA) is 29.3 Å². The molecule has 1 heterocycles. The van der Waals surface area contributed by atoms with E-state index in [4.69, 9.17) is 5.73 Å². The summed E-state index contributed by atoms with van der Waals surface area (Å²) in [6, 6.07) is 14.8. The Morgan fingerprint density at radius 3 is 2.89 bits per heavy atom. The highest BCUT2D eigenvalue weighted by atomic mass is 15.1. The van der Waals surface area contributed by atoms with Crippen LogP contribution in [0.1, 0.15) is 16.7 Å². The van der Waals surface area contributed by atoms with Gasteiger partial charge in [0.25, 0.3) is 0 Å². The van der Waals surface area contributed by atoms with Gasteiger partial charge in [-0.25, -0.2) is 0 Å². The fourth-order valence-corrected chi connectivity index (χ4v) is 2.64. The molecule has 0 bridgehead atoms. The Morgan fingerprint density at radius 1 is 1.17 bits per heavy atom. The lowest BCUT2D eigenvalue weighted by Gasteiger charge is -2.20. The summed E-state index contributed by atoms with van der Waals surface area (Å²) in [6.45, 7) is 4.21. The van der Waals surface area contributed by atoms with Gasteiger partial charge in [0.1, 0.15) is 0 Å². The lowest BCUT2D eigenvalue weighted by Crippen LogP contribution is -2.20. The predicted octanol–water partition coefficient (Wildman–Crippen LogP) is 3.14. The molecule has 0 spiro atoms. The van der Waals surface area contributed by atoms with Crippen molar-refractivity contribution in [3.8, 4) is 0 Å². The van der Waals surface area contributed by atoms with Crippen LogP contribution in [0.2, 0.25) is 0 Å². The number of nitrogens with two attached hydrogens (primary N) is 1. The average Bonchev–Trinajstić information content (AvgIpc) is 2.78. The Hall–Kier alpha value is -1.96. The molecule has 0 saturated heterocycles. The van der Waals surface area contributed by atoms with E-state index in [0.717, 1.165) is 25.2 Å². The monoisotopic (exact) mass is 238 g/mol. The zero-order chi connectivity index (χ0) is 12.5. The normalized spacial score (nSPS) is 13.7. The predicted molar refractivity (Wildman–Crippen MR) is 76.8 cm³/mol. The number of benzene rings is 2. The molecule has 2 aromatic rings. The molecular weight excluding hydrogens is 220 g/mol. The summed E-state index contributed by atoms with van der Waals surface area (Å²) < 4.78 is 0. The first-order valence-corrected chi connectivity index (χ1v) is 6.42. The van der Waals surface area contributed by atoms with Crippen LogP contribution in [-0.4, -0.2) is 6.54 Å². The number of para-hydroxylation sites is 1. The number of nitrogens with zero attached hydrogens (tertiary/aromatic N) is 1. The molecule has 18 heavy (non-hydrogen) atoms. The molecule has 92 valence electrons. The SMILES string of the molecule is Cc1ccc(N)cc1CN1CCc2ccccc21. The van der Waals surface area contributed by atoms with E-state index in [1.807, 2.05) is 6.07 Å². The smallest absolute Gasteiger partial charge is 0.0433 e. The van der Waals surface area contributed by atoms with Crippen LogP contribution in [0.15, 0.2) is 42.5 Å². The molecule has 0 saturated carbocycles. The average molecular weight is 238 g/mol. The molecule has 2 heteroatoms. The second-order valence-corrected chi connectivity index (χ2v) is 4.99. The molecule has 1 aliphatic heterocycles. The maximum atomic E-state index is 5.88. The van der Waals surface area contributed by atoms with Gasteiger partial charge in [-0.05, 0) is 48.2 Å². The van der Waals surface area contributed by atoms with Crippen molar-refractivity contribution in [2.75, 3.05) is 17.2 Å². The molecule has 3 rings (SSSR count). The van der Waals surface area contributed by atoms with Gasteiger partial charge in [0.05, 0.1) is 0 Å². The van der Waals surface area contributed by atoms with E-state index in [1.165, 1.54) is 22.4 Å². The number of anilines is 2. The van der Waals surface area contributed by atoms with Crippen LogP contribution in [0.5, 0.6) is 0 Å². The summed E-state index contributed by atoms with van der Waals surface area (Å²) in [7, 11) is 0. The van der Waals surface area contributed by atoms with Crippen molar-refractivity contribution in [2.24, 2.45) is 0 Å². The molecule has 0 unspecified atom stereocenters. The zero-order valence-electron chi connectivity index (χ0n) is 10.7. The molecule has 0 amide bonds. The lowest BCUT2D eigenvalue weighted by molar-refractivity contribution is 0.832. The van der Waals surface area contributed by atoms with Gasteiger partial charge >= 0.3 is 0 Å². The van der Waals surface area contributed by atoms with Crippen molar-refractivity contribution < 1.29 is 0 Å². The third-order valence-corrected chi connectivity index (χ3v) is 3.72. The molecule has 0 aliphatic carbocycles. The fourth-order valence-electron chi connectivity index (χ4n) is 2.64. The highest BCUT2D eigenvalue weighted by molar-refractivity contribution is 5.58. The van der Waals surface area contributed by atoms with Crippen LogP contribution in [0.4, 0.5) is 11.4 Å². The second kappa shape index (κ2) is 4.37. The second-order valence-electron chi connectivity index (χ2n) is 4.99. The zero-order valence-corrected chi connectivity index (χ0v) is 10.7. The van der Waals surface area contributed by atoms with Crippen molar-refractivity contribution in [3.05, 3.63) is 59.2 Å². The van der Waals surface area contributed by atoms with Crippen LogP contribution >= 0.6 is 0 Å². The van der Waals surface area contributed by atoms with E-state index in [0.29, 0.717) is 0 Å². The third-order valence-electron chi connectivity index (χ3n) is 3.72. The van der Waals surface area contributed by atoms with Gasteiger partial charge in [0, 0.05) is 24.5 Å². The van der Waals surface area contributed by atoms with Gasteiger partial charge in [0.2, 0.25) is 0 Å². The van der Waals surface area contributed by atoms with Crippen molar-refractivity contribution in [1.29, 1.82) is 0 Å². The van der Waals surface area contributed by atoms with Gasteiger partial charge in [-0.2, -0.15) is 0 Å². The van der Waals surface area contributed by atoms with E-state index >= 15 is 0 Å². The summed E-state index contributed by atoms with van der Waals surface area (Å²) in [6.07, 6.45) is 1.15. The molecular formula is C16H18N2. The largest absolute Gasteiger partial charge is 0.399 e. The summed E-state index contributed by atoms with van der Waals surface area (Å²) in [4.78, 5) is 2.44. The Bertz CT molecular complexity index is 575. The number of hydrogen-bond donors (Lipinski definition) is 1. The van der Waals surface area contributed by atoms with E-state index in [1.54, 1.807) is 0 Å². The molecule has 0 fully saturated rings. The first kappa shape index (κ1) is 11.1. The van der Waals surface area contributed by atoms with Crippen LogP contribution < -0.4 is 10.6 Å². The maximum Gasteiger partial charge on any atom is 0.0433 e. The molecule has 2 aromatic carbocycles. The number of fused-ring (bicyclic) bond motifs is 1. The molecule has 2 N–H and O–H groups in total. The highest BCUT2D eigenvalue weighted by Gasteiger charge is 2.18. The van der Waals surface area contributed by atoms with Crippen LogP contribution in [0.3, 0.4) is 0 Å². The van der Waals surface area contributed by atoms with Gasteiger partial charge in [-0.3, -0.25) is 0 Å². The summed E-state index contributed by atoms with van der Waals surface area (Å²) in [5.74, 6) is 0. The van der Waals surface area contributed by atoms with Crippen molar-refractivity contribution in [2.45, 2.75) is 19.9 Å². The van der Waals surface area contributed by atoms with Crippen LogP contribution in [0, 0.1) is 6.92 Å². The van der Waals surface area contributed by atoms with E-state index in [-0.39, 0.29) is 0 Å². The minimum atomic E-state index is 0.850. The fraction of sp³-hybridized carbons (Fsp3) is 0.250. The number of rotatable bonds is 2. The standard InChI is InChI=1S/C16H18N2/c1-12-6-7-15(17)10-14(12)11-18-9-8-13-4-2-3-5-16(13)18/h2-7,10H,8-9,11,17H2,1H3. The number of aryl methyl sites for hydroxylation is 1. The van der Waals surface area contributed by atoms with Crippen LogP contribution in [0.25, 0.3) is 0 Å². The molecule has 0 aromatic heterocycles. The summed E-state index contributed by atoms with van der Waals surface area (Å²) in [5.41, 5.74) is 12.2. The van der Waals surface area contributed by atoms with E-state index in [9.17, 15) is 0 Å². The van der Waals surface area contributed by atoms with E-state index < -0.39 is 0 Å². The van der Waals surface area contributed by atoms with Crippen molar-refractivity contribution in [1.82, 2.24) is 0 Å². The minimum Gasteiger partial charge on any atom is -0.399 e. The molecule has 1 aliphatic rings. The summed E-state index contributed by atoms with van der Waals surface area (Å²) >= 11 is 0. The Kier molecular flexibility index (Phi) is 2.71. The van der Waals surface area contributed by atoms with Crippen molar-refractivity contribution in [3.63, 3.8) is 0 Å². The Morgan fingerprint density at radius 2 is 2.00 bits per heavy atom. The third kappa shape index (κ3) is 1.94. The van der Waals surface area contributed by atoms with Gasteiger partial charge in [-0.15, -0.1) is 0 Å². The first-order chi connectivity index (χ1) is 8.74. The quantitative estimate of drug-likeness (QED) is 0.814. The Labute approximate surface area is 108 Å².